The SMILES string of the molecule is CC[C@H]1c2cc3[n-]c(c(CC(=O)OC)c4nc(cc5[n-]c(cc(n2)[C@@H]1C)c(C(C)=O)c5C)[C@@H](C)[C@@H]4CCC(=O)NCC(O)CO)c(C(=O)NCCN(CC)CC)c3C.[Pd+2]. The molecule has 1 unspecified atom stereocenters. The summed E-state index contributed by atoms with van der Waals surface area (Å²) in [6.07, 6.45) is -0.211. The number of aryl methyl sites for hydroxylation is 2. The third-order valence-electron chi connectivity index (χ3n) is 11.9. The van der Waals surface area contributed by atoms with Gasteiger partial charge < -0.3 is 40.5 Å². The quantitative estimate of drug-likeness (QED) is 0.0886. The van der Waals surface area contributed by atoms with Crippen LogP contribution in [0.5, 0.6) is 0 Å². The molecule has 15 heteroatoms. The number of Topliss-reactive ketones (excluding diaryl/α,β-unsaturated/α-hetero) is 1. The molecule has 59 heavy (non-hydrogen) atoms. The van der Waals surface area contributed by atoms with E-state index in [1.807, 2.05) is 39.0 Å². The first kappa shape index (κ1) is 47.4. The predicted octanol–water partition coefficient (Wildman–Crippen LogP) is 4.61. The molecule has 0 aliphatic carbocycles. The number of aliphatic hydroxyl groups excluding tert-OH is 2. The van der Waals surface area contributed by atoms with Crippen LogP contribution in [0.1, 0.15) is 145 Å². The average molecular weight is 904 g/mol. The van der Waals surface area contributed by atoms with Gasteiger partial charge in [-0.25, -0.2) is 0 Å². The summed E-state index contributed by atoms with van der Waals surface area (Å²) in [5.41, 5.74) is 7.26. The van der Waals surface area contributed by atoms with Crippen molar-refractivity contribution in [1.29, 1.82) is 0 Å². The van der Waals surface area contributed by atoms with E-state index in [4.69, 9.17) is 24.7 Å². The van der Waals surface area contributed by atoms with Crippen molar-refractivity contribution in [2.75, 3.05) is 46.4 Å². The summed E-state index contributed by atoms with van der Waals surface area (Å²) in [5.74, 6) is -2.01. The Morgan fingerprint density at radius 3 is 2.12 bits per heavy atom. The smallest absolute Gasteiger partial charge is 0.657 e. The Kier molecular flexibility index (Phi) is 16.7. The van der Waals surface area contributed by atoms with Gasteiger partial charge in [-0.05, 0) is 52.3 Å². The van der Waals surface area contributed by atoms with Gasteiger partial charge in [0.2, 0.25) is 11.8 Å². The third-order valence-corrected chi connectivity index (χ3v) is 11.9. The van der Waals surface area contributed by atoms with E-state index in [1.54, 1.807) is 0 Å². The van der Waals surface area contributed by atoms with Gasteiger partial charge >= 0.3 is 26.4 Å². The first-order valence-electron chi connectivity index (χ1n) is 20.5. The van der Waals surface area contributed by atoms with Crippen molar-refractivity contribution in [1.82, 2.24) is 35.5 Å². The van der Waals surface area contributed by atoms with Crippen LogP contribution in [0.2, 0.25) is 0 Å². The molecular formula is C44H59N7O7Pd. The van der Waals surface area contributed by atoms with Gasteiger partial charge in [-0.1, -0.05) is 63.9 Å². The summed E-state index contributed by atoms with van der Waals surface area (Å²) in [5, 5.41) is 24.9. The molecule has 5 rings (SSSR count). The summed E-state index contributed by atoms with van der Waals surface area (Å²) in [7, 11) is 1.30. The van der Waals surface area contributed by atoms with Crippen LogP contribution in [0.25, 0.3) is 22.1 Å². The fourth-order valence-corrected chi connectivity index (χ4v) is 8.31. The van der Waals surface area contributed by atoms with Crippen molar-refractivity contribution in [2.45, 2.75) is 111 Å². The molecule has 3 aromatic heterocycles. The number of hydrogen-bond acceptors (Lipinski definition) is 10. The zero-order valence-corrected chi connectivity index (χ0v) is 37.2. The Labute approximate surface area is 360 Å². The molecule has 8 bridgehead atoms. The fraction of sp³-hybridized carbons (Fsp3) is 0.545. The maximum absolute atomic E-state index is 14.4. The first-order valence-corrected chi connectivity index (χ1v) is 20.5. The number of nitrogens with zero attached hydrogens (tertiary/aromatic N) is 5. The largest absolute Gasteiger partial charge is 2.00 e. The van der Waals surface area contributed by atoms with Gasteiger partial charge in [0.05, 0.1) is 26.2 Å². The minimum atomic E-state index is -1.09. The predicted molar refractivity (Wildman–Crippen MR) is 222 cm³/mol. The van der Waals surface area contributed by atoms with E-state index in [1.165, 1.54) is 14.0 Å². The Morgan fingerprint density at radius 2 is 1.49 bits per heavy atom. The van der Waals surface area contributed by atoms with Crippen LogP contribution in [0.3, 0.4) is 0 Å². The Hall–Kier alpha value is -4.26. The van der Waals surface area contributed by atoms with Crippen molar-refractivity contribution in [3.05, 3.63) is 68.8 Å². The van der Waals surface area contributed by atoms with Crippen molar-refractivity contribution in [2.24, 2.45) is 0 Å². The summed E-state index contributed by atoms with van der Waals surface area (Å²) < 4.78 is 5.22. The first-order chi connectivity index (χ1) is 27.7. The maximum atomic E-state index is 14.4. The average Bonchev–Trinajstić information content (AvgIpc) is 3.89. The number of likely N-dealkylation sites (N-methyl/N-ethyl adjacent to an activating group) is 1. The second-order valence-corrected chi connectivity index (χ2v) is 15.5. The maximum Gasteiger partial charge on any atom is 2.00 e. The summed E-state index contributed by atoms with van der Waals surface area (Å²) in [6, 6.07) is 5.69. The fourth-order valence-electron chi connectivity index (χ4n) is 8.31. The van der Waals surface area contributed by atoms with Crippen molar-refractivity contribution in [3.63, 3.8) is 0 Å². The number of aliphatic hydroxyl groups is 2. The molecule has 2 aliphatic rings. The Bertz CT molecular complexity index is 2190. The van der Waals surface area contributed by atoms with Crippen LogP contribution in [-0.4, -0.2) is 101 Å². The van der Waals surface area contributed by atoms with Crippen LogP contribution in [0.4, 0.5) is 0 Å². The number of carbonyl (C=O) groups is 4. The number of ketones is 1. The number of methoxy groups -OCH3 is 1. The molecule has 0 aromatic carbocycles. The Balaban J connectivity index is 0.00000769. The van der Waals surface area contributed by atoms with Gasteiger partial charge in [0.15, 0.2) is 5.78 Å². The normalized spacial score (nSPS) is 18.0. The van der Waals surface area contributed by atoms with E-state index in [0.717, 1.165) is 30.9 Å². The van der Waals surface area contributed by atoms with E-state index in [0.29, 0.717) is 80.8 Å². The van der Waals surface area contributed by atoms with Gasteiger partial charge in [0.25, 0.3) is 0 Å². The number of hydrogen-bond donors (Lipinski definition) is 4. The number of esters is 1. The van der Waals surface area contributed by atoms with Crippen molar-refractivity contribution >= 4 is 45.6 Å². The number of ether oxygens (including phenoxy) is 1. The molecule has 0 radical (unpaired) electrons. The number of amides is 2. The molecule has 0 fully saturated rings. The van der Waals surface area contributed by atoms with E-state index in [2.05, 4.69) is 43.2 Å². The number of fused-ring (bicyclic) bond motifs is 8. The molecule has 2 amide bonds. The molecule has 322 valence electrons. The van der Waals surface area contributed by atoms with E-state index >= 15 is 0 Å². The molecule has 0 saturated carbocycles. The van der Waals surface area contributed by atoms with Crippen LogP contribution < -0.4 is 20.6 Å². The van der Waals surface area contributed by atoms with E-state index in [9.17, 15) is 29.4 Å². The van der Waals surface area contributed by atoms with Gasteiger partial charge in [-0.15, -0.1) is 22.1 Å². The summed E-state index contributed by atoms with van der Waals surface area (Å²) in [4.78, 5) is 76.6. The number of aromatic nitrogens is 4. The van der Waals surface area contributed by atoms with Crippen molar-refractivity contribution < 1.29 is 54.6 Å². The van der Waals surface area contributed by atoms with Crippen LogP contribution >= 0.6 is 0 Å². The minimum Gasteiger partial charge on any atom is -0.657 e. The second-order valence-electron chi connectivity index (χ2n) is 15.5. The second kappa shape index (κ2) is 20.8. The van der Waals surface area contributed by atoms with E-state index in [-0.39, 0.29) is 75.2 Å². The van der Waals surface area contributed by atoms with Gasteiger partial charge in [0.1, 0.15) is 0 Å². The van der Waals surface area contributed by atoms with E-state index < -0.39 is 24.6 Å². The topological polar surface area (TPSA) is 199 Å². The molecule has 14 nitrogen and oxygen atoms in total. The molecule has 2 aliphatic heterocycles. The van der Waals surface area contributed by atoms with Crippen LogP contribution in [0.15, 0.2) is 18.2 Å². The summed E-state index contributed by atoms with van der Waals surface area (Å²) >= 11 is 0. The van der Waals surface area contributed by atoms with Crippen molar-refractivity contribution in [3.8, 4) is 0 Å². The Morgan fingerprint density at radius 1 is 0.881 bits per heavy atom. The molecule has 0 saturated heterocycles. The third kappa shape index (κ3) is 10.4. The monoisotopic (exact) mass is 903 g/mol. The van der Waals surface area contributed by atoms with Gasteiger partial charge in [0, 0.05) is 83.6 Å². The number of nitrogens with one attached hydrogen (secondary N) is 2. The number of rotatable bonds is 16. The van der Waals surface area contributed by atoms with Gasteiger partial charge in [-0.3, -0.25) is 29.1 Å². The zero-order chi connectivity index (χ0) is 42.4. The van der Waals surface area contributed by atoms with Gasteiger partial charge in [-0.2, -0.15) is 0 Å². The summed E-state index contributed by atoms with van der Waals surface area (Å²) in [6.45, 7) is 17.7. The molecular weight excluding hydrogens is 845 g/mol. The molecule has 3 aromatic rings. The molecule has 5 heterocycles. The molecule has 0 spiro atoms. The minimum absolute atomic E-state index is 0. The standard InChI is InChI=1S/C44H61N7O7.Pd/c1-10-29-23(4)32-20-37-40(27(8)53)25(6)34(48-37)18-33-24(5)30(13-14-38(55)46-21-28(54)22-52)42(49-33)31(17-39(56)58-9)43-41(26(7)35(50-43)19-36(29)47-32)44(57)45-15-16-51(11-2)12-3;/h18-20,23-24,28-30,52,54H,10-17,21-22H2,1-9H3,(H4,45,46,47,48,49,50,53,55,57);/q;+2/p-2/t23-,24+,28?,29-,30+;/m1./s1. The van der Waals surface area contributed by atoms with Crippen LogP contribution in [-0.2, 0) is 41.2 Å². The zero-order valence-electron chi connectivity index (χ0n) is 35.7. The van der Waals surface area contributed by atoms with Crippen LogP contribution in [0, 0.1) is 13.8 Å². The molecule has 4 N–H and O–H groups in total. The number of carbonyl (C=O) groups excluding carboxylic acids is 4. The molecule has 5 atom stereocenters.